The van der Waals surface area contributed by atoms with Gasteiger partial charge >= 0.3 is 11.8 Å². The minimum Gasteiger partial charge on any atom is -0.361 e. The summed E-state index contributed by atoms with van der Waals surface area (Å²) in [6, 6.07) is 5.71. The summed E-state index contributed by atoms with van der Waals surface area (Å²) >= 11 is 0. The molecule has 3 N–H and O–H groups in total. The van der Waals surface area contributed by atoms with E-state index in [1.54, 1.807) is 6.07 Å². The molecule has 0 unspecified atom stereocenters. The van der Waals surface area contributed by atoms with Crippen molar-refractivity contribution in [2.24, 2.45) is 10.8 Å². The van der Waals surface area contributed by atoms with Gasteiger partial charge in [0.2, 0.25) is 0 Å². The molecule has 0 saturated carbocycles. The van der Waals surface area contributed by atoms with Crippen molar-refractivity contribution in [1.82, 2.24) is 5.43 Å². The molecule has 18 heavy (non-hydrogen) atoms. The zero-order chi connectivity index (χ0) is 13.7. The number of non-ortho nitro benzene ring substituents is 1. The highest BCUT2D eigenvalue weighted by atomic mass is 16.6. The minimum atomic E-state index is -1.16. The predicted octanol–water partition coefficient (Wildman–Crippen LogP) is -0.0797. The molecular formula is C10H10N4O4. The van der Waals surface area contributed by atoms with Crippen LogP contribution >= 0.6 is 0 Å². The van der Waals surface area contributed by atoms with Crippen LogP contribution in [0.2, 0.25) is 0 Å². The maximum atomic E-state index is 10.9. The Labute approximate surface area is 102 Å². The average Bonchev–Trinajstić information content (AvgIpc) is 2.35. The van der Waals surface area contributed by atoms with E-state index in [0.29, 0.717) is 11.3 Å². The lowest BCUT2D eigenvalue weighted by Crippen LogP contribution is -2.33. The Hall–Kier alpha value is -2.77. The number of nitro benzene ring substituents is 1. The summed E-state index contributed by atoms with van der Waals surface area (Å²) in [7, 11) is 0. The molecule has 0 heterocycles. The largest absolute Gasteiger partial charge is 0.361 e. The van der Waals surface area contributed by atoms with Crippen molar-refractivity contribution in [2.75, 3.05) is 0 Å². The minimum absolute atomic E-state index is 0.0942. The van der Waals surface area contributed by atoms with Gasteiger partial charge in [0.05, 0.1) is 10.6 Å². The number of nitrogens with two attached hydrogens (primary N) is 1. The van der Waals surface area contributed by atoms with Crippen LogP contribution in [0.1, 0.15) is 12.5 Å². The van der Waals surface area contributed by atoms with E-state index in [-0.39, 0.29) is 5.69 Å². The summed E-state index contributed by atoms with van der Waals surface area (Å²) in [6.45, 7) is 1.53. The van der Waals surface area contributed by atoms with Gasteiger partial charge in [0, 0.05) is 17.7 Å². The Bertz CT molecular complexity index is 538. The van der Waals surface area contributed by atoms with Crippen molar-refractivity contribution >= 4 is 23.2 Å². The van der Waals surface area contributed by atoms with Crippen LogP contribution in [0.5, 0.6) is 0 Å². The first-order valence-electron chi connectivity index (χ1n) is 4.80. The standard InChI is InChI=1S/C10H10N4O4/c1-6(12-13-10(16)9(11)15)7-3-2-4-8(5-7)14(17)18/h2-5H,1H3,(H2,11,15)(H,13,16)/b12-6+. The molecule has 1 rings (SSSR count). The van der Waals surface area contributed by atoms with Crippen LogP contribution in [0.25, 0.3) is 0 Å². The van der Waals surface area contributed by atoms with Crippen LogP contribution < -0.4 is 11.2 Å². The molecule has 0 fully saturated rings. The summed E-state index contributed by atoms with van der Waals surface area (Å²) in [6.07, 6.45) is 0. The highest BCUT2D eigenvalue weighted by Crippen LogP contribution is 2.13. The third-order valence-corrected chi connectivity index (χ3v) is 2.02. The number of hydrogen-bond acceptors (Lipinski definition) is 5. The summed E-state index contributed by atoms with van der Waals surface area (Å²) in [5.74, 6) is -2.22. The molecule has 0 bridgehead atoms. The molecule has 94 valence electrons. The zero-order valence-corrected chi connectivity index (χ0v) is 9.41. The Morgan fingerprint density at radius 1 is 1.44 bits per heavy atom. The summed E-state index contributed by atoms with van der Waals surface area (Å²) in [5, 5.41) is 14.2. The second-order valence-electron chi connectivity index (χ2n) is 3.31. The second-order valence-corrected chi connectivity index (χ2v) is 3.31. The van der Waals surface area contributed by atoms with Crippen LogP contribution in [0, 0.1) is 10.1 Å². The first kappa shape index (κ1) is 13.3. The first-order valence-corrected chi connectivity index (χ1v) is 4.80. The summed E-state index contributed by atoms with van der Waals surface area (Å²) in [5.41, 5.74) is 7.32. The Morgan fingerprint density at radius 3 is 2.67 bits per heavy atom. The SMILES string of the molecule is C/C(=N\NC(=O)C(N)=O)c1cccc([N+](=O)[O-])c1. The molecular weight excluding hydrogens is 240 g/mol. The van der Waals surface area contributed by atoms with Crippen molar-refractivity contribution in [2.45, 2.75) is 6.92 Å². The lowest BCUT2D eigenvalue weighted by molar-refractivity contribution is -0.384. The van der Waals surface area contributed by atoms with E-state index in [1.807, 2.05) is 5.43 Å². The molecule has 0 aromatic heterocycles. The molecule has 0 spiro atoms. The third-order valence-electron chi connectivity index (χ3n) is 2.02. The van der Waals surface area contributed by atoms with E-state index in [0.717, 1.165) is 0 Å². The molecule has 2 amide bonds. The summed E-state index contributed by atoms with van der Waals surface area (Å²) < 4.78 is 0. The van der Waals surface area contributed by atoms with Gasteiger partial charge in [-0.3, -0.25) is 19.7 Å². The van der Waals surface area contributed by atoms with E-state index >= 15 is 0 Å². The number of carbonyl (C=O) groups excluding carboxylic acids is 2. The fourth-order valence-corrected chi connectivity index (χ4v) is 1.10. The molecule has 1 aromatic carbocycles. The van der Waals surface area contributed by atoms with Crippen LogP contribution in [-0.2, 0) is 9.59 Å². The number of hydrazone groups is 1. The van der Waals surface area contributed by atoms with Crippen LogP contribution in [0.15, 0.2) is 29.4 Å². The van der Waals surface area contributed by atoms with Gasteiger partial charge in [-0.15, -0.1) is 0 Å². The van der Waals surface area contributed by atoms with E-state index in [1.165, 1.54) is 25.1 Å². The monoisotopic (exact) mass is 250 g/mol. The van der Waals surface area contributed by atoms with Crippen LogP contribution in [0.3, 0.4) is 0 Å². The molecule has 0 radical (unpaired) electrons. The summed E-state index contributed by atoms with van der Waals surface area (Å²) in [4.78, 5) is 31.3. The first-order chi connectivity index (χ1) is 8.41. The van der Waals surface area contributed by atoms with Gasteiger partial charge in [-0.1, -0.05) is 12.1 Å². The molecule has 0 atom stereocenters. The fourth-order valence-electron chi connectivity index (χ4n) is 1.10. The Balaban J connectivity index is 2.90. The van der Waals surface area contributed by atoms with Crippen LogP contribution in [0.4, 0.5) is 5.69 Å². The van der Waals surface area contributed by atoms with Gasteiger partial charge in [-0.25, -0.2) is 5.43 Å². The molecule has 8 heteroatoms. The van der Waals surface area contributed by atoms with Gasteiger partial charge in [0.15, 0.2) is 0 Å². The number of benzene rings is 1. The van der Waals surface area contributed by atoms with Gasteiger partial charge in [0.1, 0.15) is 0 Å². The normalized spacial score (nSPS) is 10.8. The van der Waals surface area contributed by atoms with Crippen molar-refractivity contribution in [3.8, 4) is 0 Å². The van der Waals surface area contributed by atoms with Crippen molar-refractivity contribution in [3.63, 3.8) is 0 Å². The molecule has 0 aliphatic rings. The van der Waals surface area contributed by atoms with E-state index in [2.05, 4.69) is 5.10 Å². The average molecular weight is 250 g/mol. The third kappa shape index (κ3) is 3.37. The topological polar surface area (TPSA) is 128 Å². The number of nitro groups is 1. The number of rotatable bonds is 3. The van der Waals surface area contributed by atoms with Gasteiger partial charge in [-0.2, -0.15) is 5.10 Å². The molecule has 8 nitrogen and oxygen atoms in total. The van der Waals surface area contributed by atoms with Gasteiger partial charge in [-0.05, 0) is 6.92 Å². The number of amides is 2. The van der Waals surface area contributed by atoms with Crippen molar-refractivity contribution in [3.05, 3.63) is 39.9 Å². The lowest BCUT2D eigenvalue weighted by Gasteiger charge is -2.01. The van der Waals surface area contributed by atoms with Gasteiger partial charge in [0.25, 0.3) is 5.69 Å². The Kier molecular flexibility index (Phi) is 4.08. The number of nitrogens with one attached hydrogen (secondary N) is 1. The maximum absolute atomic E-state index is 10.9. The predicted molar refractivity (Wildman–Crippen MR) is 62.6 cm³/mol. The molecule has 0 aliphatic heterocycles. The highest BCUT2D eigenvalue weighted by Gasteiger charge is 2.09. The number of nitrogens with zero attached hydrogens (tertiary/aromatic N) is 2. The van der Waals surface area contributed by atoms with E-state index in [4.69, 9.17) is 5.73 Å². The van der Waals surface area contributed by atoms with Crippen molar-refractivity contribution in [1.29, 1.82) is 0 Å². The number of carbonyl (C=O) groups is 2. The van der Waals surface area contributed by atoms with E-state index in [9.17, 15) is 19.7 Å². The maximum Gasteiger partial charge on any atom is 0.329 e. The van der Waals surface area contributed by atoms with E-state index < -0.39 is 16.7 Å². The number of hydrogen-bond donors (Lipinski definition) is 2. The van der Waals surface area contributed by atoms with Crippen molar-refractivity contribution < 1.29 is 14.5 Å². The Morgan fingerprint density at radius 2 is 2.11 bits per heavy atom. The highest BCUT2D eigenvalue weighted by molar-refractivity contribution is 6.34. The van der Waals surface area contributed by atoms with Crippen LogP contribution in [-0.4, -0.2) is 22.4 Å². The number of primary amides is 1. The fraction of sp³-hybridized carbons (Fsp3) is 0.100. The smallest absolute Gasteiger partial charge is 0.329 e. The van der Waals surface area contributed by atoms with Gasteiger partial charge < -0.3 is 5.73 Å². The molecule has 0 aliphatic carbocycles. The molecule has 0 saturated heterocycles. The second kappa shape index (κ2) is 5.53. The zero-order valence-electron chi connectivity index (χ0n) is 9.41. The quantitative estimate of drug-likeness (QED) is 0.336. The lowest BCUT2D eigenvalue weighted by atomic mass is 10.1. The molecule has 1 aromatic rings.